The van der Waals surface area contributed by atoms with Gasteiger partial charge in [0, 0.05) is 25.7 Å². The summed E-state index contributed by atoms with van der Waals surface area (Å²) < 4.78 is 68.6. The van der Waals surface area contributed by atoms with E-state index in [1.165, 1.54) is 109 Å². The average Bonchev–Trinajstić information content (AvgIpc) is 0.919. The minimum absolute atomic E-state index is 0.0835. The molecule has 17 nitrogen and oxygen atoms in total. The van der Waals surface area contributed by atoms with Crippen molar-refractivity contribution in [2.24, 2.45) is 0 Å². The van der Waals surface area contributed by atoms with Crippen LogP contribution in [-0.4, -0.2) is 96.7 Å². The van der Waals surface area contributed by atoms with Gasteiger partial charge in [-0.2, -0.15) is 0 Å². The van der Waals surface area contributed by atoms with Crippen molar-refractivity contribution in [2.75, 3.05) is 39.6 Å². The maximum Gasteiger partial charge on any atom is 0.472 e. The monoisotopic (exact) mass is 1480 g/mol. The van der Waals surface area contributed by atoms with Gasteiger partial charge in [0.2, 0.25) is 0 Å². The van der Waals surface area contributed by atoms with Crippen LogP contribution in [0.4, 0.5) is 0 Å². The lowest BCUT2D eigenvalue weighted by Gasteiger charge is -2.21. The summed E-state index contributed by atoms with van der Waals surface area (Å²) in [4.78, 5) is 73.0. The third kappa shape index (κ3) is 74.5. The molecular formula is C83H148O17P2. The Morgan fingerprint density at radius 3 is 0.824 bits per heavy atom. The van der Waals surface area contributed by atoms with Crippen LogP contribution in [0.1, 0.15) is 362 Å². The quantitative estimate of drug-likeness (QED) is 0.0169. The molecule has 0 heterocycles. The number of unbranched alkanes of at least 4 members (excludes halogenated alkanes) is 37. The topological polar surface area (TPSA) is 237 Å². The maximum atomic E-state index is 13.1. The van der Waals surface area contributed by atoms with Crippen molar-refractivity contribution < 1.29 is 80.2 Å². The number of esters is 4. The first-order chi connectivity index (χ1) is 49.7. The molecule has 0 aromatic carbocycles. The van der Waals surface area contributed by atoms with Crippen molar-refractivity contribution in [2.45, 2.75) is 380 Å². The summed E-state index contributed by atoms with van der Waals surface area (Å²) in [6, 6.07) is 0. The summed E-state index contributed by atoms with van der Waals surface area (Å²) >= 11 is 0. The Labute approximate surface area is 621 Å². The van der Waals surface area contributed by atoms with Gasteiger partial charge in [-0.05, 0) is 122 Å². The predicted molar refractivity (Wildman–Crippen MR) is 418 cm³/mol. The molecule has 5 atom stereocenters. The molecule has 0 radical (unpaired) electrons. The fourth-order valence-electron chi connectivity index (χ4n) is 11.1. The van der Waals surface area contributed by atoms with E-state index in [4.69, 9.17) is 37.0 Å². The van der Waals surface area contributed by atoms with Crippen LogP contribution in [-0.2, 0) is 65.4 Å². The Kier molecular flexibility index (Phi) is 72.7. The van der Waals surface area contributed by atoms with E-state index < -0.39 is 97.5 Å². The molecular weight excluding hydrogens is 1330 g/mol. The molecule has 0 spiro atoms. The number of carbonyl (C=O) groups is 4. The molecule has 0 fully saturated rings. The van der Waals surface area contributed by atoms with E-state index in [1.54, 1.807) is 0 Å². The molecule has 19 heteroatoms. The molecule has 0 saturated carbocycles. The third-order valence-corrected chi connectivity index (χ3v) is 19.2. The molecule has 0 saturated heterocycles. The van der Waals surface area contributed by atoms with Crippen molar-refractivity contribution in [3.05, 3.63) is 85.1 Å². The molecule has 592 valence electrons. The number of hydrogen-bond donors (Lipinski definition) is 3. The van der Waals surface area contributed by atoms with E-state index in [1.807, 2.05) is 0 Å². The van der Waals surface area contributed by atoms with Gasteiger partial charge in [0.05, 0.1) is 26.4 Å². The number of phosphoric acid groups is 2. The van der Waals surface area contributed by atoms with E-state index in [-0.39, 0.29) is 25.7 Å². The maximum absolute atomic E-state index is 13.1. The Balaban J connectivity index is 5.34. The second-order valence-electron chi connectivity index (χ2n) is 27.3. The first-order valence-electron chi connectivity index (χ1n) is 40.8. The molecule has 0 aromatic heterocycles. The molecule has 5 unspecified atom stereocenters. The molecule has 0 aliphatic heterocycles. The largest absolute Gasteiger partial charge is 0.472 e. The van der Waals surface area contributed by atoms with Crippen molar-refractivity contribution in [1.82, 2.24) is 0 Å². The van der Waals surface area contributed by atoms with Crippen LogP contribution in [0.25, 0.3) is 0 Å². The highest BCUT2D eigenvalue weighted by atomic mass is 31.2. The van der Waals surface area contributed by atoms with Gasteiger partial charge < -0.3 is 33.8 Å². The Morgan fingerprint density at radius 1 is 0.284 bits per heavy atom. The fourth-order valence-corrected chi connectivity index (χ4v) is 12.7. The van der Waals surface area contributed by atoms with Crippen LogP contribution in [0.3, 0.4) is 0 Å². The number of aliphatic hydroxyl groups excluding tert-OH is 1. The minimum Gasteiger partial charge on any atom is -0.462 e. The number of rotatable bonds is 77. The molecule has 0 aliphatic carbocycles. The summed E-state index contributed by atoms with van der Waals surface area (Å²) in [5.74, 6) is -2.19. The van der Waals surface area contributed by atoms with Crippen LogP contribution in [0.5, 0.6) is 0 Å². The number of aliphatic hydroxyl groups is 1. The van der Waals surface area contributed by atoms with Crippen LogP contribution >= 0.6 is 15.6 Å². The number of carbonyl (C=O) groups excluding carboxylic acids is 4. The SMILES string of the molecule is CC/C=C\C/C=C\C/C=C\CCCCCCCC(=O)OCC(COP(=O)(O)OCC(O)COP(=O)(O)OCC(COC(=O)CCCCCCCC/C=C\C/C=C\C/C=C\CCCCC)OC(=O)CCCCCCC/C=C\CCCCCC)OC(=O)CCCCCCCCCCCCCCCCC. The Morgan fingerprint density at radius 2 is 0.510 bits per heavy atom. The van der Waals surface area contributed by atoms with E-state index in [0.717, 1.165) is 173 Å². The van der Waals surface area contributed by atoms with Gasteiger partial charge in [-0.25, -0.2) is 9.13 Å². The van der Waals surface area contributed by atoms with Gasteiger partial charge in [-0.1, -0.05) is 299 Å². The third-order valence-electron chi connectivity index (χ3n) is 17.3. The average molecular weight is 1480 g/mol. The van der Waals surface area contributed by atoms with Crippen molar-refractivity contribution in [3.8, 4) is 0 Å². The van der Waals surface area contributed by atoms with Crippen LogP contribution in [0, 0.1) is 0 Å². The highest BCUT2D eigenvalue weighted by Gasteiger charge is 2.30. The first kappa shape index (κ1) is 98.2. The van der Waals surface area contributed by atoms with Crippen molar-refractivity contribution in [3.63, 3.8) is 0 Å². The summed E-state index contributed by atoms with van der Waals surface area (Å²) in [6.07, 6.45) is 78.4. The summed E-state index contributed by atoms with van der Waals surface area (Å²) in [6.45, 7) is 4.74. The highest BCUT2D eigenvalue weighted by molar-refractivity contribution is 7.47. The van der Waals surface area contributed by atoms with Gasteiger partial charge in [-0.3, -0.25) is 37.3 Å². The molecule has 0 aliphatic rings. The van der Waals surface area contributed by atoms with E-state index in [9.17, 15) is 43.2 Å². The van der Waals surface area contributed by atoms with E-state index >= 15 is 0 Å². The zero-order valence-electron chi connectivity index (χ0n) is 64.8. The summed E-state index contributed by atoms with van der Waals surface area (Å²) in [5.41, 5.74) is 0. The smallest absolute Gasteiger partial charge is 0.462 e. The second kappa shape index (κ2) is 75.5. The molecule has 0 aromatic rings. The lowest BCUT2D eigenvalue weighted by Crippen LogP contribution is -2.30. The zero-order chi connectivity index (χ0) is 74.6. The van der Waals surface area contributed by atoms with E-state index in [0.29, 0.717) is 25.7 Å². The number of allylic oxidation sites excluding steroid dienone is 14. The minimum atomic E-state index is -4.98. The van der Waals surface area contributed by atoms with Gasteiger partial charge in [-0.15, -0.1) is 0 Å². The molecule has 102 heavy (non-hydrogen) atoms. The predicted octanol–water partition coefficient (Wildman–Crippen LogP) is 23.8. The van der Waals surface area contributed by atoms with E-state index in [2.05, 4.69) is 113 Å². The van der Waals surface area contributed by atoms with Crippen LogP contribution in [0.2, 0.25) is 0 Å². The number of ether oxygens (including phenoxy) is 4. The lowest BCUT2D eigenvalue weighted by molar-refractivity contribution is -0.161. The van der Waals surface area contributed by atoms with Crippen molar-refractivity contribution >= 4 is 39.5 Å². The van der Waals surface area contributed by atoms with Gasteiger partial charge in [0.15, 0.2) is 12.2 Å². The lowest BCUT2D eigenvalue weighted by atomic mass is 10.0. The molecule has 0 bridgehead atoms. The van der Waals surface area contributed by atoms with Crippen molar-refractivity contribution in [1.29, 1.82) is 0 Å². The zero-order valence-corrected chi connectivity index (χ0v) is 66.6. The normalized spacial score (nSPS) is 14.3. The number of hydrogen-bond acceptors (Lipinski definition) is 15. The molecule has 0 amide bonds. The van der Waals surface area contributed by atoms with Gasteiger partial charge in [0.25, 0.3) is 0 Å². The van der Waals surface area contributed by atoms with Gasteiger partial charge in [0.1, 0.15) is 19.3 Å². The standard InChI is InChI=1S/C83H148O17P2/c1-5-9-13-17-21-25-29-33-36-37-38-39-42-45-48-52-56-60-64-68-81(86)94-73-78(99-82(87)69-65-61-57-53-49-43-32-28-24-20-16-12-8-4)75-97-101(89,90)95-71-77(84)72-96-102(91,92)98-76-79(100-83(88)70-66-62-58-54-50-46-41-35-31-27-23-19-15-11-7-3)74-93-80(85)67-63-59-55-51-47-44-40-34-30-26-22-18-14-10-6-2/h10,14,21-22,25-26,28,32-34,36,38-40,77-79,84H,5-9,11-13,15-20,23-24,27,29-31,35,37,41-76H2,1-4H3,(H,89,90)(H,91,92)/b14-10-,25-21-,26-22-,32-28-,36-33-,39-38-,40-34-. The highest BCUT2D eigenvalue weighted by Crippen LogP contribution is 2.45. The second-order valence-corrected chi connectivity index (χ2v) is 30.2. The molecule has 0 rings (SSSR count). The van der Waals surface area contributed by atoms with Gasteiger partial charge >= 0.3 is 39.5 Å². The summed E-state index contributed by atoms with van der Waals surface area (Å²) in [5, 5.41) is 10.6. The van der Waals surface area contributed by atoms with Crippen LogP contribution < -0.4 is 0 Å². The summed E-state index contributed by atoms with van der Waals surface area (Å²) in [7, 11) is -9.96. The molecule has 3 N–H and O–H groups in total. The Bertz CT molecular complexity index is 2260. The fraction of sp³-hybridized carbons (Fsp3) is 0.783. The number of phosphoric ester groups is 2. The van der Waals surface area contributed by atoms with Crippen LogP contribution in [0.15, 0.2) is 85.1 Å². The Hall–Kier alpha value is -3.76. The first-order valence-corrected chi connectivity index (χ1v) is 43.8.